The lowest BCUT2D eigenvalue weighted by Gasteiger charge is -2.70. The lowest BCUT2D eigenvalue weighted by molar-refractivity contribution is -0.178. The normalized spacial score (nSPS) is 46.6. The van der Waals surface area contributed by atoms with Gasteiger partial charge in [-0.2, -0.15) is 0 Å². The van der Waals surface area contributed by atoms with E-state index < -0.39 is 5.41 Å². The fraction of sp³-hybridized carbons (Fsp3) is 0.718. The first-order valence-corrected chi connectivity index (χ1v) is 17.1. The third-order valence-electron chi connectivity index (χ3n) is 14.9. The molecule has 0 heterocycles. The standard InChI is InChI=1S/C39H55NO3/c1-9-36(4)30-15-18-39(7)32(37(30,5)17-16-31(36)40-8)29(41)23-27-28-24-35(3,20-19-34(28,2)21-22-38(27,39)6)33(42)43-25-26-13-11-10-12-14-26/h10-14,23,28,30,32H,9,15-22,24-25H2,1-8H3/b40-31+/t28-,30-,32+,34+,35-,36-,37-,38+,39+/m0/s1. The summed E-state index contributed by atoms with van der Waals surface area (Å²) in [6, 6.07) is 9.98. The number of benzene rings is 1. The number of carbonyl (C=O) groups is 2. The first-order chi connectivity index (χ1) is 20.2. The van der Waals surface area contributed by atoms with Gasteiger partial charge in [0.25, 0.3) is 0 Å². The van der Waals surface area contributed by atoms with Gasteiger partial charge in [0.05, 0.1) is 5.41 Å². The Morgan fingerprint density at radius 1 is 0.953 bits per heavy atom. The minimum Gasteiger partial charge on any atom is -0.460 e. The predicted octanol–water partition coefficient (Wildman–Crippen LogP) is 9.17. The molecule has 0 amide bonds. The van der Waals surface area contributed by atoms with Crippen molar-refractivity contribution in [3.05, 3.63) is 47.5 Å². The number of ether oxygens (including phenoxy) is 1. The van der Waals surface area contributed by atoms with Crippen LogP contribution in [0.2, 0.25) is 0 Å². The predicted molar refractivity (Wildman–Crippen MR) is 174 cm³/mol. The van der Waals surface area contributed by atoms with E-state index in [0.29, 0.717) is 18.3 Å². The molecule has 1 aromatic carbocycles. The quantitative estimate of drug-likeness (QED) is 0.331. The maximum atomic E-state index is 14.7. The summed E-state index contributed by atoms with van der Waals surface area (Å²) in [4.78, 5) is 33.2. The Hall–Kier alpha value is -2.23. The zero-order valence-corrected chi connectivity index (χ0v) is 28.1. The number of hydrogen-bond acceptors (Lipinski definition) is 4. The fourth-order valence-corrected chi connectivity index (χ4v) is 11.7. The van der Waals surface area contributed by atoms with Gasteiger partial charge in [-0.1, -0.05) is 77.4 Å². The van der Waals surface area contributed by atoms with Crippen LogP contribution in [0.5, 0.6) is 0 Å². The highest BCUT2D eigenvalue weighted by Crippen LogP contribution is 2.75. The minimum atomic E-state index is -0.537. The lowest BCUT2D eigenvalue weighted by atomic mass is 9.33. The van der Waals surface area contributed by atoms with Crippen LogP contribution in [0.4, 0.5) is 0 Å². The number of allylic oxidation sites excluding steroid dienone is 2. The highest BCUT2D eigenvalue weighted by molar-refractivity contribution is 5.97. The van der Waals surface area contributed by atoms with E-state index in [2.05, 4.69) is 54.5 Å². The van der Waals surface area contributed by atoms with Crippen molar-refractivity contribution in [3.63, 3.8) is 0 Å². The zero-order valence-electron chi connectivity index (χ0n) is 28.1. The highest BCUT2D eigenvalue weighted by atomic mass is 16.5. The Balaban J connectivity index is 1.35. The van der Waals surface area contributed by atoms with Crippen molar-refractivity contribution in [1.29, 1.82) is 0 Å². The first-order valence-electron chi connectivity index (χ1n) is 17.1. The summed E-state index contributed by atoms with van der Waals surface area (Å²) < 4.78 is 5.96. The van der Waals surface area contributed by atoms with Gasteiger partial charge in [-0.05, 0) is 116 Å². The molecule has 0 aromatic heterocycles. The minimum absolute atomic E-state index is 0.0306. The number of carbonyl (C=O) groups excluding carboxylic acids is 2. The molecular formula is C39H55NO3. The second kappa shape index (κ2) is 10.1. The third-order valence-corrected chi connectivity index (χ3v) is 14.9. The molecular weight excluding hydrogens is 530 g/mol. The van der Waals surface area contributed by atoms with E-state index >= 15 is 0 Å². The summed E-state index contributed by atoms with van der Waals surface area (Å²) in [5.41, 5.74) is 3.22. The molecule has 234 valence electrons. The summed E-state index contributed by atoms with van der Waals surface area (Å²) in [6.45, 7) is 17.1. The Labute approximate surface area is 260 Å². The highest BCUT2D eigenvalue weighted by Gasteiger charge is 2.70. The van der Waals surface area contributed by atoms with Crippen molar-refractivity contribution in [2.75, 3.05) is 7.05 Å². The average molecular weight is 586 g/mol. The van der Waals surface area contributed by atoms with Gasteiger partial charge in [0, 0.05) is 24.1 Å². The van der Waals surface area contributed by atoms with E-state index in [1.807, 2.05) is 37.4 Å². The van der Waals surface area contributed by atoms with Gasteiger partial charge in [-0.3, -0.25) is 14.6 Å². The summed E-state index contributed by atoms with van der Waals surface area (Å²) in [7, 11) is 1.97. The molecule has 0 radical (unpaired) electrons. The molecule has 4 fully saturated rings. The van der Waals surface area contributed by atoms with Crippen LogP contribution in [0.1, 0.15) is 118 Å². The molecule has 0 saturated heterocycles. The average Bonchev–Trinajstić information content (AvgIpc) is 2.98. The Morgan fingerprint density at radius 3 is 2.33 bits per heavy atom. The first kappa shape index (κ1) is 30.8. The molecule has 9 atom stereocenters. The van der Waals surface area contributed by atoms with Crippen LogP contribution in [-0.2, 0) is 20.9 Å². The van der Waals surface area contributed by atoms with E-state index in [9.17, 15) is 9.59 Å². The Kier molecular flexibility index (Phi) is 7.26. The molecule has 4 nitrogen and oxygen atoms in total. The molecule has 0 unspecified atom stereocenters. The molecule has 1 aromatic rings. The van der Waals surface area contributed by atoms with Crippen molar-refractivity contribution in [3.8, 4) is 0 Å². The van der Waals surface area contributed by atoms with Crippen LogP contribution < -0.4 is 0 Å². The third kappa shape index (κ3) is 4.23. The summed E-state index contributed by atoms with van der Waals surface area (Å²) in [5, 5.41) is 0. The molecule has 43 heavy (non-hydrogen) atoms. The number of nitrogens with zero attached hydrogens (tertiary/aromatic N) is 1. The molecule has 0 N–H and O–H groups in total. The van der Waals surface area contributed by atoms with Crippen LogP contribution >= 0.6 is 0 Å². The second-order valence-electron chi connectivity index (χ2n) is 16.8. The Bertz CT molecular complexity index is 1360. The van der Waals surface area contributed by atoms with Crippen molar-refractivity contribution in [2.45, 2.75) is 119 Å². The number of rotatable bonds is 4. The molecule has 4 heteroatoms. The topological polar surface area (TPSA) is 55.7 Å². The van der Waals surface area contributed by atoms with Gasteiger partial charge in [-0.15, -0.1) is 0 Å². The van der Waals surface area contributed by atoms with Crippen molar-refractivity contribution in [2.24, 2.45) is 55.2 Å². The monoisotopic (exact) mass is 585 g/mol. The van der Waals surface area contributed by atoms with E-state index in [1.165, 1.54) is 11.3 Å². The van der Waals surface area contributed by atoms with E-state index in [-0.39, 0.29) is 44.9 Å². The van der Waals surface area contributed by atoms with E-state index in [0.717, 1.165) is 69.8 Å². The van der Waals surface area contributed by atoms with Crippen LogP contribution in [-0.4, -0.2) is 24.5 Å². The number of aliphatic imine (C=N–C) groups is 1. The summed E-state index contributed by atoms with van der Waals surface area (Å²) in [6.07, 6.45) is 12.4. The van der Waals surface area contributed by atoms with Crippen LogP contribution in [0, 0.1) is 50.2 Å². The molecule has 4 saturated carbocycles. The van der Waals surface area contributed by atoms with Crippen LogP contribution in [0.3, 0.4) is 0 Å². The molecule has 5 aliphatic carbocycles. The lowest BCUT2D eigenvalue weighted by Crippen LogP contribution is -2.66. The maximum absolute atomic E-state index is 14.7. The molecule has 0 bridgehead atoms. The van der Waals surface area contributed by atoms with Gasteiger partial charge in [0.1, 0.15) is 6.61 Å². The molecule has 0 aliphatic heterocycles. The summed E-state index contributed by atoms with van der Waals surface area (Å²) in [5.74, 6) is 1.02. The molecule has 5 aliphatic rings. The van der Waals surface area contributed by atoms with Gasteiger partial charge in [0.15, 0.2) is 5.78 Å². The van der Waals surface area contributed by atoms with Crippen LogP contribution in [0.25, 0.3) is 0 Å². The van der Waals surface area contributed by atoms with Gasteiger partial charge < -0.3 is 4.74 Å². The van der Waals surface area contributed by atoms with Crippen LogP contribution in [0.15, 0.2) is 47.0 Å². The van der Waals surface area contributed by atoms with E-state index in [1.54, 1.807) is 0 Å². The maximum Gasteiger partial charge on any atom is 0.312 e. The number of ketones is 1. The van der Waals surface area contributed by atoms with E-state index in [4.69, 9.17) is 9.73 Å². The fourth-order valence-electron chi connectivity index (χ4n) is 11.7. The van der Waals surface area contributed by atoms with Crippen molar-refractivity contribution in [1.82, 2.24) is 0 Å². The summed E-state index contributed by atoms with van der Waals surface area (Å²) >= 11 is 0. The van der Waals surface area contributed by atoms with Gasteiger partial charge in [-0.25, -0.2) is 0 Å². The van der Waals surface area contributed by atoms with Crippen molar-refractivity contribution >= 4 is 17.5 Å². The Morgan fingerprint density at radius 2 is 1.65 bits per heavy atom. The van der Waals surface area contributed by atoms with Crippen molar-refractivity contribution < 1.29 is 14.3 Å². The van der Waals surface area contributed by atoms with Gasteiger partial charge in [0.2, 0.25) is 0 Å². The number of hydrogen-bond donors (Lipinski definition) is 0. The SMILES string of the molecule is CC[C@]1(C)/C(=N/C)CC[C@@]2(C)[C@H]1CC[C@]1(C)[C@@H]2C(=O)C=C2[C@@H]3C[C@@](C)(C(=O)OCc4ccccc4)CC[C@]3(C)CC[C@]21C. The smallest absolute Gasteiger partial charge is 0.312 e. The second-order valence-corrected chi connectivity index (χ2v) is 16.8. The largest absolute Gasteiger partial charge is 0.460 e. The van der Waals surface area contributed by atoms with Gasteiger partial charge >= 0.3 is 5.97 Å². The number of fused-ring (bicyclic) bond motifs is 7. The zero-order chi connectivity index (χ0) is 31.1. The molecule has 0 spiro atoms. The number of esters is 1. The molecule has 6 rings (SSSR count).